The van der Waals surface area contributed by atoms with E-state index in [4.69, 9.17) is 9.47 Å². The molecule has 0 spiro atoms. The average molecular weight is 404 g/mol. The molecule has 2 aliphatic rings. The number of imide groups is 1. The maximum atomic E-state index is 12.9. The van der Waals surface area contributed by atoms with Crippen molar-refractivity contribution in [3.63, 3.8) is 0 Å². The third-order valence-corrected chi connectivity index (χ3v) is 6.01. The molecule has 1 fully saturated rings. The topological polar surface area (TPSA) is 97.5 Å². The number of aromatic nitrogens is 1. The van der Waals surface area contributed by atoms with Gasteiger partial charge in [-0.3, -0.25) is 19.7 Å². The Morgan fingerprint density at radius 1 is 1.10 bits per heavy atom. The van der Waals surface area contributed by atoms with Crippen molar-refractivity contribution in [2.45, 2.75) is 18.9 Å². The predicted octanol–water partition coefficient (Wildman–Crippen LogP) is 2.45. The van der Waals surface area contributed by atoms with Crippen molar-refractivity contribution in [3.8, 4) is 5.75 Å². The zero-order valence-electron chi connectivity index (χ0n) is 16.3. The standard InChI is InChI=1S/C23H20N2O5/c1-29-13-7-8-16-14(9-13)18-17(24-16)10-15(19-20(18)22(27)25-21(19)26)23(28)30-11-12-5-3-2-4-6-12/h2-9,15,19-20,24H,10-11H2,1H3,(H,25,26,27)/t15-,19+,20-/m1/s1. The van der Waals surface area contributed by atoms with E-state index in [9.17, 15) is 14.4 Å². The highest BCUT2D eigenvalue weighted by Crippen LogP contribution is 2.46. The molecule has 0 bridgehead atoms. The number of methoxy groups -OCH3 is 1. The lowest BCUT2D eigenvalue weighted by Gasteiger charge is -2.29. The minimum absolute atomic E-state index is 0.125. The molecule has 1 aliphatic heterocycles. The van der Waals surface area contributed by atoms with Crippen molar-refractivity contribution < 1.29 is 23.9 Å². The summed E-state index contributed by atoms with van der Waals surface area (Å²) in [5.74, 6) is -2.84. The summed E-state index contributed by atoms with van der Waals surface area (Å²) in [5, 5.41) is 3.24. The molecule has 1 saturated heterocycles. The monoisotopic (exact) mass is 404 g/mol. The third-order valence-electron chi connectivity index (χ3n) is 6.01. The lowest BCUT2D eigenvalue weighted by molar-refractivity contribution is -0.154. The molecule has 0 saturated carbocycles. The van der Waals surface area contributed by atoms with Crippen molar-refractivity contribution in [3.05, 3.63) is 65.4 Å². The van der Waals surface area contributed by atoms with E-state index >= 15 is 0 Å². The second kappa shape index (κ2) is 7.02. The first kappa shape index (κ1) is 18.4. The molecule has 0 radical (unpaired) electrons. The molecular weight excluding hydrogens is 384 g/mol. The van der Waals surface area contributed by atoms with Gasteiger partial charge < -0.3 is 14.5 Å². The number of ether oxygens (including phenoxy) is 2. The van der Waals surface area contributed by atoms with E-state index in [0.717, 1.165) is 27.7 Å². The van der Waals surface area contributed by atoms with Gasteiger partial charge in [0.05, 0.1) is 24.9 Å². The Balaban J connectivity index is 1.51. The fourth-order valence-electron chi connectivity index (χ4n) is 4.63. The van der Waals surface area contributed by atoms with Crippen molar-refractivity contribution in [1.29, 1.82) is 0 Å². The van der Waals surface area contributed by atoms with Gasteiger partial charge in [0.2, 0.25) is 11.8 Å². The quantitative estimate of drug-likeness (QED) is 0.514. The fourth-order valence-corrected chi connectivity index (χ4v) is 4.63. The summed E-state index contributed by atoms with van der Waals surface area (Å²) >= 11 is 0. The molecule has 2 aromatic carbocycles. The highest BCUT2D eigenvalue weighted by molar-refractivity contribution is 6.11. The number of H-pyrrole nitrogens is 1. The first-order valence-corrected chi connectivity index (χ1v) is 9.80. The van der Waals surface area contributed by atoms with Crippen LogP contribution >= 0.6 is 0 Å². The molecule has 1 aliphatic carbocycles. The van der Waals surface area contributed by atoms with Crippen LogP contribution in [0.5, 0.6) is 5.75 Å². The number of fused-ring (bicyclic) bond motifs is 5. The number of benzene rings is 2. The number of carbonyl (C=O) groups excluding carboxylic acids is 3. The molecule has 1 aromatic heterocycles. The van der Waals surface area contributed by atoms with Crippen LogP contribution in [-0.2, 0) is 32.1 Å². The summed E-state index contributed by atoms with van der Waals surface area (Å²) in [6.07, 6.45) is 0.307. The Kier molecular flexibility index (Phi) is 4.31. The zero-order valence-corrected chi connectivity index (χ0v) is 16.3. The molecule has 3 aromatic rings. The van der Waals surface area contributed by atoms with Crippen LogP contribution < -0.4 is 10.1 Å². The van der Waals surface area contributed by atoms with Crippen molar-refractivity contribution in [2.24, 2.45) is 11.8 Å². The van der Waals surface area contributed by atoms with Gasteiger partial charge in [-0.15, -0.1) is 0 Å². The van der Waals surface area contributed by atoms with Gasteiger partial charge in [-0.1, -0.05) is 30.3 Å². The van der Waals surface area contributed by atoms with Crippen LogP contribution in [0.4, 0.5) is 0 Å². The van der Waals surface area contributed by atoms with Crippen LogP contribution in [0.2, 0.25) is 0 Å². The van der Waals surface area contributed by atoms with Gasteiger partial charge in [-0.05, 0) is 29.3 Å². The van der Waals surface area contributed by atoms with Gasteiger partial charge in [0.1, 0.15) is 12.4 Å². The van der Waals surface area contributed by atoms with E-state index in [0.29, 0.717) is 12.2 Å². The van der Waals surface area contributed by atoms with Crippen LogP contribution in [0.1, 0.15) is 22.7 Å². The number of aromatic amines is 1. The van der Waals surface area contributed by atoms with E-state index < -0.39 is 29.6 Å². The Labute approximate surface area is 172 Å². The zero-order chi connectivity index (χ0) is 20.8. The molecule has 7 heteroatoms. The van der Waals surface area contributed by atoms with E-state index in [1.807, 2.05) is 48.5 Å². The average Bonchev–Trinajstić information content (AvgIpc) is 3.27. The molecule has 2 amide bonds. The minimum atomic E-state index is -0.779. The molecule has 2 N–H and O–H groups in total. The van der Waals surface area contributed by atoms with Crippen LogP contribution in [0.25, 0.3) is 10.9 Å². The van der Waals surface area contributed by atoms with Crippen LogP contribution in [0, 0.1) is 11.8 Å². The van der Waals surface area contributed by atoms with E-state index in [2.05, 4.69) is 10.3 Å². The number of amides is 2. The molecular formula is C23H20N2O5. The normalized spacial score (nSPS) is 22.4. The SMILES string of the molecule is COc1ccc2[nH]c3c(c2c1)[C@H]1C(=O)NC(=O)[C@H]1[C@H](C(=O)OCc1ccccc1)C3. The number of hydrogen-bond acceptors (Lipinski definition) is 5. The fraction of sp³-hybridized carbons (Fsp3) is 0.261. The second-order valence-electron chi connectivity index (χ2n) is 7.69. The Morgan fingerprint density at radius 3 is 2.67 bits per heavy atom. The van der Waals surface area contributed by atoms with Gasteiger partial charge >= 0.3 is 5.97 Å². The summed E-state index contributed by atoms with van der Waals surface area (Å²) in [6, 6.07) is 14.9. The van der Waals surface area contributed by atoms with Crippen molar-refractivity contribution >= 4 is 28.7 Å². The molecule has 2 heterocycles. The molecule has 3 atom stereocenters. The molecule has 152 valence electrons. The summed E-state index contributed by atoms with van der Waals surface area (Å²) < 4.78 is 10.8. The number of nitrogens with one attached hydrogen (secondary N) is 2. The minimum Gasteiger partial charge on any atom is -0.497 e. The highest BCUT2D eigenvalue weighted by atomic mass is 16.5. The Morgan fingerprint density at radius 2 is 1.90 bits per heavy atom. The number of esters is 1. The van der Waals surface area contributed by atoms with Crippen LogP contribution in [0.15, 0.2) is 48.5 Å². The lowest BCUT2D eigenvalue weighted by atomic mass is 9.71. The number of rotatable bonds is 4. The van der Waals surface area contributed by atoms with Crippen molar-refractivity contribution in [1.82, 2.24) is 10.3 Å². The van der Waals surface area contributed by atoms with E-state index in [-0.39, 0.29) is 12.5 Å². The smallest absolute Gasteiger partial charge is 0.310 e. The van der Waals surface area contributed by atoms with E-state index in [1.54, 1.807) is 7.11 Å². The maximum Gasteiger partial charge on any atom is 0.310 e. The summed E-state index contributed by atoms with van der Waals surface area (Å²) in [6.45, 7) is 0.125. The molecule has 7 nitrogen and oxygen atoms in total. The maximum absolute atomic E-state index is 12.9. The largest absolute Gasteiger partial charge is 0.497 e. The van der Waals surface area contributed by atoms with Crippen LogP contribution in [0.3, 0.4) is 0 Å². The van der Waals surface area contributed by atoms with Crippen LogP contribution in [-0.4, -0.2) is 29.9 Å². The summed E-state index contributed by atoms with van der Waals surface area (Å²) in [7, 11) is 1.58. The first-order chi connectivity index (χ1) is 14.6. The van der Waals surface area contributed by atoms with E-state index in [1.165, 1.54) is 0 Å². The van der Waals surface area contributed by atoms with Crippen molar-refractivity contribution in [2.75, 3.05) is 7.11 Å². The predicted molar refractivity (Wildman–Crippen MR) is 108 cm³/mol. The second-order valence-corrected chi connectivity index (χ2v) is 7.69. The van der Waals surface area contributed by atoms with Gasteiger partial charge in [-0.25, -0.2) is 0 Å². The molecule has 0 unspecified atom stereocenters. The van der Waals surface area contributed by atoms with Gasteiger partial charge in [0.15, 0.2) is 0 Å². The van der Waals surface area contributed by atoms with Gasteiger partial charge in [0, 0.05) is 23.0 Å². The summed E-state index contributed by atoms with van der Waals surface area (Å²) in [5.41, 5.74) is 3.25. The molecule has 30 heavy (non-hydrogen) atoms. The number of carbonyl (C=O) groups is 3. The third kappa shape index (κ3) is 2.85. The Hall–Kier alpha value is -3.61. The first-order valence-electron chi connectivity index (χ1n) is 9.80. The lowest BCUT2D eigenvalue weighted by Crippen LogP contribution is -2.38. The highest BCUT2D eigenvalue weighted by Gasteiger charge is 2.54. The van der Waals surface area contributed by atoms with Gasteiger partial charge in [-0.2, -0.15) is 0 Å². The number of hydrogen-bond donors (Lipinski definition) is 2. The van der Waals surface area contributed by atoms with Gasteiger partial charge in [0.25, 0.3) is 0 Å². The summed E-state index contributed by atoms with van der Waals surface area (Å²) in [4.78, 5) is 41.6. The Bertz CT molecular complexity index is 1170. The molecule has 5 rings (SSSR count).